The average Bonchev–Trinajstić information content (AvgIpc) is 2.32. The summed E-state index contributed by atoms with van der Waals surface area (Å²) in [7, 11) is -2.39. The maximum Gasteiger partial charge on any atom is 0.408 e. The number of carboxylic acids is 1. The van der Waals surface area contributed by atoms with Crippen LogP contribution in [0.3, 0.4) is 0 Å². The van der Waals surface area contributed by atoms with Crippen molar-refractivity contribution in [3.8, 4) is 0 Å². The van der Waals surface area contributed by atoms with Gasteiger partial charge in [-0.1, -0.05) is 20.8 Å². The second-order valence-electron chi connectivity index (χ2n) is 8.54. The van der Waals surface area contributed by atoms with Crippen LogP contribution in [0.5, 0.6) is 0 Å². The number of aliphatic carboxylic acids is 1. The van der Waals surface area contributed by atoms with Crippen molar-refractivity contribution in [3.63, 3.8) is 0 Å². The van der Waals surface area contributed by atoms with Gasteiger partial charge in [-0.05, 0) is 38.9 Å². The number of rotatable bonds is 7. The Balaban J connectivity index is 5.20. The third kappa shape index (κ3) is 8.35. The SMILES string of the molecule is CC(C)(C)OC(=O)N[C@@H](C[C@@H](O[Si](C)(C)C(C)(C)C)C(=O)O)C(N)=O. The number of ether oxygens (including phenoxy) is 1. The van der Waals surface area contributed by atoms with Crippen LogP contribution in [0.25, 0.3) is 0 Å². The van der Waals surface area contributed by atoms with Crippen molar-refractivity contribution >= 4 is 26.3 Å². The Labute approximate surface area is 150 Å². The van der Waals surface area contributed by atoms with Crippen molar-refractivity contribution < 1.29 is 28.7 Å². The molecule has 0 aromatic rings. The first-order valence-corrected chi connectivity index (χ1v) is 11.1. The lowest BCUT2D eigenvalue weighted by molar-refractivity contribution is -0.146. The molecule has 0 aromatic carbocycles. The first-order valence-electron chi connectivity index (χ1n) is 8.16. The summed E-state index contributed by atoms with van der Waals surface area (Å²) in [5.74, 6) is -2.06. The largest absolute Gasteiger partial charge is 0.479 e. The molecule has 0 spiro atoms. The fourth-order valence-corrected chi connectivity index (χ4v) is 2.90. The highest BCUT2D eigenvalue weighted by Gasteiger charge is 2.42. The smallest absolute Gasteiger partial charge is 0.408 e. The number of hydrogen-bond acceptors (Lipinski definition) is 5. The molecule has 146 valence electrons. The van der Waals surface area contributed by atoms with Gasteiger partial charge in [0.15, 0.2) is 8.32 Å². The summed E-state index contributed by atoms with van der Waals surface area (Å²) < 4.78 is 10.9. The minimum atomic E-state index is -2.39. The van der Waals surface area contributed by atoms with Gasteiger partial charge < -0.3 is 25.3 Å². The zero-order chi connectivity index (χ0) is 20.2. The van der Waals surface area contributed by atoms with E-state index in [0.29, 0.717) is 0 Å². The van der Waals surface area contributed by atoms with E-state index in [2.05, 4.69) is 5.32 Å². The van der Waals surface area contributed by atoms with E-state index in [1.165, 1.54) is 0 Å². The highest BCUT2D eigenvalue weighted by atomic mass is 28.4. The molecule has 0 bridgehead atoms. The molecule has 0 aliphatic rings. The Morgan fingerprint density at radius 2 is 1.60 bits per heavy atom. The van der Waals surface area contributed by atoms with E-state index in [1.54, 1.807) is 20.8 Å². The number of carbonyl (C=O) groups is 3. The zero-order valence-corrected chi connectivity index (χ0v) is 17.4. The van der Waals surface area contributed by atoms with Crippen molar-refractivity contribution in [2.75, 3.05) is 0 Å². The van der Waals surface area contributed by atoms with E-state index in [-0.39, 0.29) is 11.5 Å². The summed E-state index contributed by atoms with van der Waals surface area (Å²) >= 11 is 0. The Bertz CT molecular complexity index is 508. The summed E-state index contributed by atoms with van der Waals surface area (Å²) in [4.78, 5) is 35.1. The highest BCUT2D eigenvalue weighted by molar-refractivity contribution is 6.74. The molecule has 0 unspecified atom stereocenters. The molecule has 2 atom stereocenters. The summed E-state index contributed by atoms with van der Waals surface area (Å²) in [5, 5.41) is 11.6. The zero-order valence-electron chi connectivity index (χ0n) is 16.4. The molecule has 0 aromatic heterocycles. The third-order valence-electron chi connectivity index (χ3n) is 4.00. The molecule has 2 amide bonds. The van der Waals surface area contributed by atoms with Gasteiger partial charge in [-0.3, -0.25) is 4.79 Å². The minimum absolute atomic E-state index is 0.207. The van der Waals surface area contributed by atoms with Crippen molar-refractivity contribution in [1.29, 1.82) is 0 Å². The summed E-state index contributed by atoms with van der Waals surface area (Å²) in [6.07, 6.45) is -2.36. The maximum absolute atomic E-state index is 11.8. The summed E-state index contributed by atoms with van der Waals surface area (Å²) in [6.45, 7) is 14.8. The predicted octanol–water partition coefficient (Wildman–Crippen LogP) is 2.23. The van der Waals surface area contributed by atoms with Crippen LogP contribution >= 0.6 is 0 Å². The molecule has 25 heavy (non-hydrogen) atoms. The van der Waals surface area contributed by atoms with E-state index in [0.717, 1.165) is 0 Å². The van der Waals surface area contributed by atoms with Crippen LogP contribution < -0.4 is 11.1 Å². The molecule has 0 aliphatic heterocycles. The Kier molecular flexibility index (Phi) is 7.65. The molecule has 0 saturated heterocycles. The molecule has 0 saturated carbocycles. The number of nitrogens with two attached hydrogens (primary N) is 1. The van der Waals surface area contributed by atoms with E-state index < -0.39 is 44.0 Å². The maximum atomic E-state index is 11.8. The van der Waals surface area contributed by atoms with Gasteiger partial charge in [0.05, 0.1) is 0 Å². The lowest BCUT2D eigenvalue weighted by Crippen LogP contribution is -2.52. The Morgan fingerprint density at radius 3 is 1.92 bits per heavy atom. The fourth-order valence-electron chi connectivity index (χ4n) is 1.64. The van der Waals surface area contributed by atoms with Crippen LogP contribution in [-0.4, -0.2) is 49.1 Å². The molecule has 0 aliphatic carbocycles. The van der Waals surface area contributed by atoms with Gasteiger partial charge in [-0.15, -0.1) is 0 Å². The second kappa shape index (κ2) is 8.18. The number of alkyl carbamates (subject to hydrolysis) is 1. The van der Waals surface area contributed by atoms with Crippen LogP contribution in [0.1, 0.15) is 48.0 Å². The van der Waals surface area contributed by atoms with Crippen LogP contribution in [0.15, 0.2) is 0 Å². The van der Waals surface area contributed by atoms with Crippen molar-refractivity contribution in [2.24, 2.45) is 5.73 Å². The molecular formula is C16H32N2O6Si. The van der Waals surface area contributed by atoms with Crippen LogP contribution in [-0.2, 0) is 18.8 Å². The monoisotopic (exact) mass is 376 g/mol. The summed E-state index contributed by atoms with van der Waals surface area (Å²) in [6, 6.07) is -1.21. The Hall–Kier alpha value is -1.61. The first-order chi connectivity index (χ1) is 11.0. The van der Waals surface area contributed by atoms with E-state index >= 15 is 0 Å². The lowest BCUT2D eigenvalue weighted by atomic mass is 10.1. The summed E-state index contributed by atoms with van der Waals surface area (Å²) in [5.41, 5.74) is 4.55. The van der Waals surface area contributed by atoms with Gasteiger partial charge in [0, 0.05) is 6.42 Å². The number of nitrogens with one attached hydrogen (secondary N) is 1. The van der Waals surface area contributed by atoms with Gasteiger partial charge in [-0.2, -0.15) is 0 Å². The molecule has 9 heteroatoms. The van der Waals surface area contributed by atoms with Crippen LogP contribution in [0.4, 0.5) is 4.79 Å². The van der Waals surface area contributed by atoms with Crippen LogP contribution in [0.2, 0.25) is 18.1 Å². The molecule has 4 N–H and O–H groups in total. The predicted molar refractivity (Wildman–Crippen MR) is 96.7 cm³/mol. The van der Waals surface area contributed by atoms with Gasteiger partial charge >= 0.3 is 12.1 Å². The molecule has 8 nitrogen and oxygen atoms in total. The van der Waals surface area contributed by atoms with Crippen molar-refractivity contribution in [2.45, 2.75) is 83.8 Å². The minimum Gasteiger partial charge on any atom is -0.479 e. The molecule has 0 heterocycles. The quantitative estimate of drug-likeness (QED) is 0.585. The molecule has 0 rings (SSSR count). The number of amides is 2. The first kappa shape index (κ1) is 23.4. The van der Waals surface area contributed by atoms with Gasteiger partial charge in [0.2, 0.25) is 5.91 Å². The highest BCUT2D eigenvalue weighted by Crippen LogP contribution is 2.37. The number of hydrogen-bond donors (Lipinski definition) is 3. The van der Waals surface area contributed by atoms with E-state index in [4.69, 9.17) is 14.9 Å². The normalized spacial score (nSPS) is 15.2. The Morgan fingerprint density at radius 1 is 1.12 bits per heavy atom. The number of carboxylic acid groups (broad SMARTS) is 1. The number of primary amides is 1. The van der Waals surface area contributed by atoms with Gasteiger partial charge in [0.1, 0.15) is 17.7 Å². The molecule has 0 fully saturated rings. The fraction of sp³-hybridized carbons (Fsp3) is 0.812. The lowest BCUT2D eigenvalue weighted by Gasteiger charge is -2.38. The standard InChI is InChI=1S/C16H32N2O6Si/c1-15(2,3)23-14(22)18-10(12(17)19)9-11(13(20)21)24-25(7,8)16(4,5)6/h10-11H,9H2,1-8H3,(H2,17,19)(H,18,22)(H,20,21)/t10-,11+/m0/s1. The third-order valence-corrected chi connectivity index (χ3v) is 8.49. The van der Waals surface area contributed by atoms with E-state index in [1.807, 2.05) is 33.9 Å². The van der Waals surface area contributed by atoms with Gasteiger partial charge in [-0.25, -0.2) is 9.59 Å². The second-order valence-corrected chi connectivity index (χ2v) is 13.3. The average molecular weight is 377 g/mol. The number of carbonyl (C=O) groups excluding carboxylic acids is 2. The molecular weight excluding hydrogens is 344 g/mol. The topological polar surface area (TPSA) is 128 Å². The van der Waals surface area contributed by atoms with E-state index in [9.17, 15) is 19.5 Å². The van der Waals surface area contributed by atoms with Crippen molar-refractivity contribution in [3.05, 3.63) is 0 Å². The van der Waals surface area contributed by atoms with Crippen molar-refractivity contribution in [1.82, 2.24) is 5.32 Å². The van der Waals surface area contributed by atoms with Crippen LogP contribution in [0, 0.1) is 0 Å². The van der Waals surface area contributed by atoms with Gasteiger partial charge in [0.25, 0.3) is 0 Å². The molecule has 0 radical (unpaired) electrons.